The molecule has 1 aromatic heterocycles. The van der Waals surface area contributed by atoms with E-state index in [0.717, 1.165) is 11.3 Å². The standard InChI is InChI=1S/C21H22N2O8S/c1-4-30-20(25)17-13(2)18(21(26)31-12-11-29-3)32-19(17)22-16(24)10-7-14-5-8-15(9-6-14)23(27)28/h5-10H,4,11-12H2,1-3H3,(H,22,24)/b10-7+. The highest BCUT2D eigenvalue weighted by atomic mass is 32.1. The van der Waals surface area contributed by atoms with Crippen LogP contribution in [-0.4, -0.2) is 49.7 Å². The number of esters is 2. The number of nitrogens with zero attached hydrogens (tertiary/aromatic N) is 1. The second-order valence-corrected chi connectivity index (χ2v) is 7.30. The van der Waals surface area contributed by atoms with Crippen LogP contribution in [0.5, 0.6) is 0 Å². The number of rotatable bonds is 10. The molecule has 0 unspecified atom stereocenters. The first-order valence-electron chi connectivity index (χ1n) is 9.48. The van der Waals surface area contributed by atoms with Crippen LogP contribution in [0.2, 0.25) is 0 Å². The number of nitro benzene ring substituents is 1. The molecular formula is C21H22N2O8S. The molecule has 2 aromatic rings. The van der Waals surface area contributed by atoms with E-state index < -0.39 is 22.8 Å². The molecular weight excluding hydrogens is 440 g/mol. The van der Waals surface area contributed by atoms with Crippen LogP contribution in [0.1, 0.15) is 38.1 Å². The first kappa shape index (κ1) is 24.7. The summed E-state index contributed by atoms with van der Waals surface area (Å²) in [6.45, 7) is 3.59. The summed E-state index contributed by atoms with van der Waals surface area (Å²) in [6, 6.07) is 5.63. The average molecular weight is 462 g/mol. The topological polar surface area (TPSA) is 134 Å². The number of benzene rings is 1. The third-order valence-corrected chi connectivity index (χ3v) is 5.29. The monoisotopic (exact) mass is 462 g/mol. The van der Waals surface area contributed by atoms with Crippen molar-refractivity contribution in [3.05, 3.63) is 62.0 Å². The summed E-state index contributed by atoms with van der Waals surface area (Å²) >= 11 is 0.905. The third-order valence-electron chi connectivity index (χ3n) is 4.10. The van der Waals surface area contributed by atoms with Crippen LogP contribution in [0, 0.1) is 17.0 Å². The van der Waals surface area contributed by atoms with Crippen molar-refractivity contribution in [1.29, 1.82) is 0 Å². The zero-order valence-corrected chi connectivity index (χ0v) is 18.5. The number of hydrogen-bond acceptors (Lipinski definition) is 9. The van der Waals surface area contributed by atoms with Crippen LogP contribution in [0.4, 0.5) is 10.7 Å². The van der Waals surface area contributed by atoms with E-state index in [1.807, 2.05) is 0 Å². The third kappa shape index (κ3) is 6.46. The molecule has 0 aliphatic rings. The number of anilines is 1. The fourth-order valence-corrected chi connectivity index (χ4v) is 3.65. The van der Waals surface area contributed by atoms with Crippen molar-refractivity contribution in [2.24, 2.45) is 0 Å². The molecule has 10 nitrogen and oxygen atoms in total. The zero-order chi connectivity index (χ0) is 23.7. The van der Waals surface area contributed by atoms with Gasteiger partial charge in [0.05, 0.1) is 23.7 Å². The molecule has 1 N–H and O–H groups in total. The summed E-state index contributed by atoms with van der Waals surface area (Å²) in [5.74, 6) is -1.88. The fourth-order valence-electron chi connectivity index (χ4n) is 2.56. The fraction of sp³-hybridized carbons (Fsp3) is 0.286. The molecule has 0 aliphatic carbocycles. The Bertz CT molecular complexity index is 1030. The first-order valence-corrected chi connectivity index (χ1v) is 10.3. The Hall–Kier alpha value is -3.57. The van der Waals surface area contributed by atoms with Crippen molar-refractivity contribution < 1.29 is 33.5 Å². The minimum Gasteiger partial charge on any atom is -0.462 e. The molecule has 0 atom stereocenters. The van der Waals surface area contributed by atoms with Crippen LogP contribution in [0.3, 0.4) is 0 Å². The van der Waals surface area contributed by atoms with Gasteiger partial charge in [0.2, 0.25) is 5.91 Å². The second kappa shape index (κ2) is 11.7. The summed E-state index contributed by atoms with van der Waals surface area (Å²) in [5.41, 5.74) is 0.920. The predicted octanol–water partition coefficient (Wildman–Crippen LogP) is 3.60. The minimum absolute atomic E-state index is 0.0427. The molecule has 0 aliphatic heterocycles. The van der Waals surface area contributed by atoms with Gasteiger partial charge in [-0.05, 0) is 43.2 Å². The lowest BCUT2D eigenvalue weighted by Gasteiger charge is -2.05. The largest absolute Gasteiger partial charge is 0.462 e. The van der Waals surface area contributed by atoms with E-state index in [1.165, 1.54) is 43.5 Å². The predicted molar refractivity (Wildman–Crippen MR) is 118 cm³/mol. The van der Waals surface area contributed by atoms with E-state index in [0.29, 0.717) is 11.1 Å². The molecule has 1 aromatic carbocycles. The SMILES string of the molecule is CCOC(=O)c1c(NC(=O)/C=C/c2ccc([N+](=O)[O-])cc2)sc(C(=O)OCCOC)c1C. The van der Waals surface area contributed by atoms with Gasteiger partial charge in [0.25, 0.3) is 5.69 Å². The van der Waals surface area contributed by atoms with Crippen molar-refractivity contribution in [2.75, 3.05) is 32.2 Å². The normalized spacial score (nSPS) is 10.7. The molecule has 2 rings (SSSR count). The van der Waals surface area contributed by atoms with Gasteiger partial charge in [0.15, 0.2) is 0 Å². The lowest BCUT2D eigenvalue weighted by molar-refractivity contribution is -0.384. The Morgan fingerprint density at radius 3 is 2.41 bits per heavy atom. The highest BCUT2D eigenvalue weighted by Crippen LogP contribution is 2.34. The quantitative estimate of drug-likeness (QED) is 0.186. The van der Waals surface area contributed by atoms with Crippen LogP contribution in [0.25, 0.3) is 6.08 Å². The van der Waals surface area contributed by atoms with Crippen molar-refractivity contribution in [3.63, 3.8) is 0 Å². The molecule has 0 fully saturated rings. The van der Waals surface area contributed by atoms with E-state index in [-0.39, 0.29) is 40.9 Å². The number of non-ortho nitro benzene ring substituents is 1. The number of amides is 1. The molecule has 1 heterocycles. The summed E-state index contributed by atoms with van der Waals surface area (Å²) in [5, 5.41) is 13.4. The lowest BCUT2D eigenvalue weighted by Crippen LogP contribution is -2.13. The summed E-state index contributed by atoms with van der Waals surface area (Å²) in [4.78, 5) is 47.6. The lowest BCUT2D eigenvalue weighted by atomic mass is 10.1. The number of methoxy groups -OCH3 is 1. The van der Waals surface area contributed by atoms with Gasteiger partial charge in [0.1, 0.15) is 16.5 Å². The number of carbonyl (C=O) groups is 3. The van der Waals surface area contributed by atoms with E-state index in [9.17, 15) is 24.5 Å². The van der Waals surface area contributed by atoms with Gasteiger partial charge in [-0.3, -0.25) is 14.9 Å². The van der Waals surface area contributed by atoms with Crippen LogP contribution in [-0.2, 0) is 19.0 Å². The van der Waals surface area contributed by atoms with Crippen molar-refractivity contribution >= 4 is 45.9 Å². The van der Waals surface area contributed by atoms with Gasteiger partial charge in [-0.2, -0.15) is 0 Å². The number of thiophene rings is 1. The molecule has 170 valence electrons. The Labute approximate surface area is 187 Å². The maximum absolute atomic E-state index is 12.4. The molecule has 0 spiro atoms. The highest BCUT2D eigenvalue weighted by molar-refractivity contribution is 7.18. The Kier molecular flexibility index (Phi) is 9.05. The van der Waals surface area contributed by atoms with Crippen LogP contribution >= 0.6 is 11.3 Å². The van der Waals surface area contributed by atoms with Crippen molar-refractivity contribution in [1.82, 2.24) is 0 Å². The van der Waals surface area contributed by atoms with Gasteiger partial charge >= 0.3 is 11.9 Å². The number of nitrogens with one attached hydrogen (secondary N) is 1. The van der Waals surface area contributed by atoms with Gasteiger partial charge in [-0.1, -0.05) is 0 Å². The minimum atomic E-state index is -0.674. The molecule has 0 saturated carbocycles. The number of nitro groups is 1. The zero-order valence-electron chi connectivity index (χ0n) is 17.7. The van der Waals surface area contributed by atoms with E-state index in [2.05, 4.69) is 5.32 Å². The molecule has 0 bridgehead atoms. The number of carbonyl (C=O) groups excluding carboxylic acids is 3. The smallest absolute Gasteiger partial charge is 0.348 e. The summed E-state index contributed by atoms with van der Waals surface area (Å²) in [6.07, 6.45) is 2.67. The maximum atomic E-state index is 12.4. The Morgan fingerprint density at radius 2 is 1.81 bits per heavy atom. The Balaban J connectivity index is 2.23. The molecule has 32 heavy (non-hydrogen) atoms. The molecule has 11 heteroatoms. The van der Waals surface area contributed by atoms with Gasteiger partial charge < -0.3 is 19.5 Å². The van der Waals surface area contributed by atoms with Crippen LogP contribution < -0.4 is 5.32 Å². The molecule has 1 amide bonds. The summed E-state index contributed by atoms with van der Waals surface area (Å²) < 4.78 is 15.0. The highest BCUT2D eigenvalue weighted by Gasteiger charge is 2.27. The van der Waals surface area contributed by atoms with Gasteiger partial charge in [-0.15, -0.1) is 11.3 Å². The van der Waals surface area contributed by atoms with E-state index >= 15 is 0 Å². The summed E-state index contributed by atoms with van der Waals surface area (Å²) in [7, 11) is 1.47. The van der Waals surface area contributed by atoms with Crippen molar-refractivity contribution in [2.45, 2.75) is 13.8 Å². The van der Waals surface area contributed by atoms with Crippen LogP contribution in [0.15, 0.2) is 30.3 Å². The maximum Gasteiger partial charge on any atom is 0.348 e. The molecule has 0 saturated heterocycles. The second-order valence-electron chi connectivity index (χ2n) is 6.28. The van der Waals surface area contributed by atoms with Gasteiger partial charge in [-0.25, -0.2) is 9.59 Å². The Morgan fingerprint density at radius 1 is 1.12 bits per heavy atom. The van der Waals surface area contributed by atoms with Gasteiger partial charge in [0, 0.05) is 25.3 Å². The first-order chi connectivity index (χ1) is 15.3. The average Bonchev–Trinajstić information content (AvgIpc) is 3.08. The van der Waals surface area contributed by atoms with E-state index in [1.54, 1.807) is 13.8 Å². The number of hydrogen-bond donors (Lipinski definition) is 1. The van der Waals surface area contributed by atoms with E-state index in [4.69, 9.17) is 14.2 Å². The van der Waals surface area contributed by atoms with Crippen molar-refractivity contribution in [3.8, 4) is 0 Å². The molecule has 0 radical (unpaired) electrons. The number of ether oxygens (including phenoxy) is 3.